The molecule has 0 saturated heterocycles. The van der Waals surface area contributed by atoms with Crippen molar-refractivity contribution >= 4 is 14.5 Å². The molecule has 2 aromatic rings. The minimum absolute atomic E-state index is 0.285. The summed E-state index contributed by atoms with van der Waals surface area (Å²) >= 11 is 0. The number of rotatable bonds is 6. The number of benzene rings is 2. The van der Waals surface area contributed by atoms with Gasteiger partial charge in [-0.2, -0.15) is 5.26 Å². The smallest absolute Gasteiger partial charge is 0.244 e. The highest BCUT2D eigenvalue weighted by Crippen LogP contribution is 2.25. The van der Waals surface area contributed by atoms with Crippen molar-refractivity contribution in [3.05, 3.63) is 71.9 Å². The van der Waals surface area contributed by atoms with Gasteiger partial charge < -0.3 is 9.16 Å². The average molecular weight is 354 g/mol. The van der Waals surface area contributed by atoms with E-state index in [0.717, 1.165) is 0 Å². The molecule has 0 unspecified atom stereocenters. The van der Waals surface area contributed by atoms with Crippen LogP contribution in [0.15, 0.2) is 59.9 Å². The van der Waals surface area contributed by atoms with Gasteiger partial charge in [0.2, 0.25) is 8.32 Å². The van der Waals surface area contributed by atoms with Crippen molar-refractivity contribution in [3.8, 4) is 17.6 Å². The van der Waals surface area contributed by atoms with Crippen LogP contribution < -0.4 is 4.74 Å². The van der Waals surface area contributed by atoms with Crippen LogP contribution in [0, 0.1) is 17.1 Å². The van der Waals surface area contributed by atoms with E-state index in [-0.39, 0.29) is 5.88 Å². The van der Waals surface area contributed by atoms with Gasteiger partial charge in [0.1, 0.15) is 17.3 Å². The van der Waals surface area contributed by atoms with Crippen LogP contribution in [-0.2, 0) is 4.43 Å². The fourth-order valence-electron chi connectivity index (χ4n) is 1.96. The summed E-state index contributed by atoms with van der Waals surface area (Å²) in [5.74, 6) is 0.867. The summed E-state index contributed by atoms with van der Waals surface area (Å²) in [6.45, 7) is 9.83. The second-order valence-electron chi connectivity index (χ2n) is 6.29. The maximum absolute atomic E-state index is 13.6. The number of ether oxygens (including phenoxy) is 1. The number of nitriles is 1. The van der Waals surface area contributed by atoms with Gasteiger partial charge in [-0.15, -0.1) is 0 Å². The second-order valence-corrected chi connectivity index (χ2v) is 10.7. The van der Waals surface area contributed by atoms with Crippen molar-refractivity contribution in [2.45, 2.75) is 19.6 Å². The summed E-state index contributed by atoms with van der Waals surface area (Å²) in [5, 5.41) is 8.83. The van der Waals surface area contributed by atoms with Crippen LogP contribution in [0.25, 0.3) is 0 Å². The zero-order valence-electron chi connectivity index (χ0n) is 14.4. The molecule has 0 bridgehead atoms. The second kappa shape index (κ2) is 7.77. The standard InChI is InChI=1S/C19H19FN2O2Si/c1-14(24-25(2,3)4)22-13-16-11-17(20)7-10-19(16)23-18-8-5-15(12-21)6-9-18/h5-11,13H,1H2,2-4H3/b22-13+. The van der Waals surface area contributed by atoms with Crippen LogP contribution in [0.1, 0.15) is 11.1 Å². The van der Waals surface area contributed by atoms with E-state index in [1.807, 2.05) is 25.7 Å². The average Bonchev–Trinajstić information content (AvgIpc) is 2.54. The van der Waals surface area contributed by atoms with Crippen molar-refractivity contribution in [1.29, 1.82) is 5.26 Å². The number of nitrogens with zero attached hydrogens (tertiary/aromatic N) is 2. The van der Waals surface area contributed by atoms with Crippen LogP contribution >= 0.6 is 0 Å². The molecule has 0 N–H and O–H groups in total. The fraction of sp³-hybridized carbons (Fsp3) is 0.158. The van der Waals surface area contributed by atoms with E-state index in [0.29, 0.717) is 22.6 Å². The summed E-state index contributed by atoms with van der Waals surface area (Å²) in [6, 6.07) is 12.9. The van der Waals surface area contributed by atoms with Gasteiger partial charge in [-0.3, -0.25) is 0 Å². The first-order valence-corrected chi connectivity index (χ1v) is 11.1. The molecule has 25 heavy (non-hydrogen) atoms. The molecule has 128 valence electrons. The van der Waals surface area contributed by atoms with E-state index in [4.69, 9.17) is 14.4 Å². The van der Waals surface area contributed by atoms with E-state index < -0.39 is 14.1 Å². The van der Waals surface area contributed by atoms with Crippen LogP contribution in [-0.4, -0.2) is 14.5 Å². The third kappa shape index (κ3) is 5.90. The molecule has 2 rings (SSSR count). The van der Waals surface area contributed by atoms with Crippen molar-refractivity contribution in [3.63, 3.8) is 0 Å². The molecule has 6 heteroatoms. The number of aliphatic imine (C=N–C) groups is 1. The van der Waals surface area contributed by atoms with E-state index in [1.165, 1.54) is 24.4 Å². The Bertz CT molecular complexity index is 834. The van der Waals surface area contributed by atoms with E-state index in [1.54, 1.807) is 24.3 Å². The monoisotopic (exact) mass is 354 g/mol. The number of hydrogen-bond donors (Lipinski definition) is 0. The van der Waals surface area contributed by atoms with Crippen molar-refractivity contribution in [2.75, 3.05) is 0 Å². The lowest BCUT2D eigenvalue weighted by Crippen LogP contribution is -2.24. The highest BCUT2D eigenvalue weighted by Gasteiger charge is 2.16. The third-order valence-corrected chi connectivity index (χ3v) is 3.80. The summed E-state index contributed by atoms with van der Waals surface area (Å²) < 4.78 is 25.0. The lowest BCUT2D eigenvalue weighted by atomic mass is 10.2. The quantitative estimate of drug-likeness (QED) is 0.405. The van der Waals surface area contributed by atoms with Crippen molar-refractivity contribution in [1.82, 2.24) is 0 Å². The van der Waals surface area contributed by atoms with Crippen LogP contribution in [0.5, 0.6) is 11.5 Å². The molecule has 0 amide bonds. The largest absolute Gasteiger partial charge is 0.532 e. The molecule has 0 heterocycles. The summed E-state index contributed by atoms with van der Waals surface area (Å²) in [5.41, 5.74) is 0.998. The molecule has 0 radical (unpaired) electrons. The molecule has 0 aromatic heterocycles. The zero-order valence-corrected chi connectivity index (χ0v) is 15.4. The molecule has 0 saturated carbocycles. The van der Waals surface area contributed by atoms with Crippen molar-refractivity contribution < 1.29 is 13.6 Å². The van der Waals surface area contributed by atoms with Crippen LogP contribution in [0.2, 0.25) is 19.6 Å². The minimum atomic E-state index is -1.80. The first kappa shape index (κ1) is 18.4. The van der Waals surface area contributed by atoms with Gasteiger partial charge in [0.15, 0.2) is 5.88 Å². The maximum atomic E-state index is 13.6. The van der Waals surface area contributed by atoms with E-state index >= 15 is 0 Å². The molecule has 0 aliphatic heterocycles. The summed E-state index contributed by atoms with van der Waals surface area (Å²) in [7, 11) is -1.80. The van der Waals surface area contributed by atoms with Gasteiger partial charge in [-0.05, 0) is 68.7 Å². The number of hydrogen-bond acceptors (Lipinski definition) is 4. The molecule has 0 aliphatic carbocycles. The Balaban J connectivity index is 2.22. The first-order chi connectivity index (χ1) is 11.8. The van der Waals surface area contributed by atoms with Gasteiger partial charge in [0, 0.05) is 11.8 Å². The van der Waals surface area contributed by atoms with Crippen LogP contribution in [0.3, 0.4) is 0 Å². The maximum Gasteiger partial charge on any atom is 0.244 e. The van der Waals surface area contributed by atoms with Gasteiger partial charge in [0.25, 0.3) is 0 Å². The molecule has 0 fully saturated rings. The predicted octanol–water partition coefficient (Wildman–Crippen LogP) is 5.23. The van der Waals surface area contributed by atoms with E-state index in [2.05, 4.69) is 11.6 Å². The SMILES string of the molecule is C=C(/N=C/c1cc(F)ccc1Oc1ccc(C#N)cc1)O[Si](C)(C)C. The predicted molar refractivity (Wildman–Crippen MR) is 98.8 cm³/mol. The Morgan fingerprint density at radius 2 is 1.88 bits per heavy atom. The lowest BCUT2D eigenvalue weighted by molar-refractivity contribution is 0.421. The van der Waals surface area contributed by atoms with Crippen LogP contribution in [0.4, 0.5) is 4.39 Å². The Morgan fingerprint density at radius 3 is 2.48 bits per heavy atom. The molecule has 0 spiro atoms. The van der Waals surface area contributed by atoms with Gasteiger partial charge in [-0.1, -0.05) is 0 Å². The molecule has 2 aromatic carbocycles. The molecule has 0 atom stereocenters. The van der Waals surface area contributed by atoms with Gasteiger partial charge >= 0.3 is 0 Å². The summed E-state index contributed by atoms with van der Waals surface area (Å²) in [4.78, 5) is 4.15. The lowest BCUT2D eigenvalue weighted by Gasteiger charge is -2.18. The topological polar surface area (TPSA) is 54.6 Å². The Labute approximate surface area is 148 Å². The Hall–Kier alpha value is -2.91. The highest BCUT2D eigenvalue weighted by atomic mass is 28.4. The number of halogens is 1. The molecular weight excluding hydrogens is 335 g/mol. The third-order valence-electron chi connectivity index (χ3n) is 2.95. The fourth-order valence-corrected chi connectivity index (χ4v) is 2.72. The summed E-state index contributed by atoms with van der Waals surface area (Å²) in [6.07, 6.45) is 1.46. The zero-order chi connectivity index (χ0) is 18.4. The molecule has 4 nitrogen and oxygen atoms in total. The molecular formula is C19H19FN2O2Si. The minimum Gasteiger partial charge on any atom is -0.532 e. The highest BCUT2D eigenvalue weighted by molar-refractivity contribution is 6.70. The van der Waals surface area contributed by atoms with Crippen molar-refractivity contribution in [2.24, 2.45) is 4.99 Å². The van der Waals surface area contributed by atoms with Gasteiger partial charge in [-0.25, -0.2) is 9.38 Å². The first-order valence-electron chi connectivity index (χ1n) is 7.66. The Morgan fingerprint density at radius 1 is 1.20 bits per heavy atom. The normalized spacial score (nSPS) is 11.2. The van der Waals surface area contributed by atoms with Gasteiger partial charge in [0.05, 0.1) is 11.6 Å². The van der Waals surface area contributed by atoms with E-state index in [9.17, 15) is 4.39 Å². The Kier molecular flexibility index (Phi) is 5.73. The molecule has 0 aliphatic rings.